The lowest BCUT2D eigenvalue weighted by atomic mass is 10.2. The van der Waals surface area contributed by atoms with Gasteiger partial charge in [-0.1, -0.05) is 11.8 Å². The number of aliphatic hydroxyl groups is 2. The number of amides is 1. The van der Waals surface area contributed by atoms with Crippen molar-refractivity contribution in [2.75, 3.05) is 19.8 Å². The van der Waals surface area contributed by atoms with Crippen LogP contribution in [0.1, 0.15) is 28.1 Å². The molecule has 96 valence electrons. The number of rotatable bonds is 4. The lowest BCUT2D eigenvalue weighted by Crippen LogP contribution is -2.35. The molecule has 0 aliphatic heterocycles. The lowest BCUT2D eigenvalue weighted by molar-refractivity contribution is 0.0712. The van der Waals surface area contributed by atoms with Crippen molar-refractivity contribution in [1.82, 2.24) is 4.90 Å². The number of aliphatic hydroxyl groups excluding tert-OH is 2. The Morgan fingerprint density at radius 3 is 2.89 bits per heavy atom. The molecule has 0 aromatic carbocycles. The van der Waals surface area contributed by atoms with E-state index in [0.717, 1.165) is 12.8 Å². The predicted octanol–water partition coefficient (Wildman–Crippen LogP) is 0.689. The highest BCUT2D eigenvalue weighted by molar-refractivity contribution is 7.12. The molecule has 0 atom stereocenters. The molecular formula is C13H15NO3S. The molecule has 0 spiro atoms. The van der Waals surface area contributed by atoms with Gasteiger partial charge in [-0.05, 0) is 24.3 Å². The van der Waals surface area contributed by atoms with E-state index in [4.69, 9.17) is 10.2 Å². The van der Waals surface area contributed by atoms with Gasteiger partial charge in [-0.15, -0.1) is 11.3 Å². The predicted molar refractivity (Wildman–Crippen MR) is 69.4 cm³/mol. The average Bonchev–Trinajstić information content (AvgIpc) is 3.11. The van der Waals surface area contributed by atoms with Gasteiger partial charge in [-0.3, -0.25) is 4.79 Å². The van der Waals surface area contributed by atoms with Crippen LogP contribution in [0.15, 0.2) is 11.4 Å². The number of carbonyl (C=O) groups is 1. The Labute approximate surface area is 110 Å². The van der Waals surface area contributed by atoms with Crippen LogP contribution in [-0.2, 0) is 0 Å². The normalized spacial score (nSPS) is 13.9. The van der Waals surface area contributed by atoms with Gasteiger partial charge < -0.3 is 15.1 Å². The number of hydrogen-bond acceptors (Lipinski definition) is 4. The first kappa shape index (κ1) is 13.1. The van der Waals surface area contributed by atoms with E-state index in [1.807, 2.05) is 5.38 Å². The van der Waals surface area contributed by atoms with Gasteiger partial charge in [0, 0.05) is 18.2 Å². The van der Waals surface area contributed by atoms with Crippen LogP contribution in [0.2, 0.25) is 0 Å². The van der Waals surface area contributed by atoms with Crippen molar-refractivity contribution < 1.29 is 15.0 Å². The third-order valence-electron chi connectivity index (χ3n) is 2.75. The van der Waals surface area contributed by atoms with Crippen LogP contribution in [0.5, 0.6) is 0 Å². The zero-order valence-electron chi connectivity index (χ0n) is 9.93. The van der Waals surface area contributed by atoms with Crippen LogP contribution < -0.4 is 0 Å². The molecule has 18 heavy (non-hydrogen) atoms. The number of thiophene rings is 1. The van der Waals surface area contributed by atoms with Crippen LogP contribution in [0.4, 0.5) is 0 Å². The van der Waals surface area contributed by atoms with Crippen LogP contribution >= 0.6 is 11.3 Å². The first-order chi connectivity index (χ1) is 8.77. The molecule has 0 radical (unpaired) electrons. The van der Waals surface area contributed by atoms with Gasteiger partial charge in [0.1, 0.15) is 11.5 Å². The van der Waals surface area contributed by atoms with Crippen molar-refractivity contribution in [2.45, 2.75) is 18.9 Å². The zero-order valence-corrected chi connectivity index (χ0v) is 10.7. The molecule has 0 saturated heterocycles. The summed E-state index contributed by atoms with van der Waals surface area (Å²) in [5.74, 6) is 5.27. The standard InChI is InChI=1S/C13H15NO3S/c15-7-1-2-10-5-9-18-12(10)13(17)14(6-8-16)11-3-4-11/h5,9,11,15-16H,3-4,6-8H2. The summed E-state index contributed by atoms with van der Waals surface area (Å²) in [6.07, 6.45) is 2.02. The first-order valence-corrected chi connectivity index (χ1v) is 6.75. The minimum atomic E-state index is -0.216. The minimum Gasteiger partial charge on any atom is -0.395 e. The van der Waals surface area contributed by atoms with E-state index in [1.54, 1.807) is 11.0 Å². The molecule has 2 N–H and O–H groups in total. The van der Waals surface area contributed by atoms with Gasteiger partial charge in [-0.2, -0.15) is 0 Å². The van der Waals surface area contributed by atoms with E-state index in [9.17, 15) is 4.79 Å². The van der Waals surface area contributed by atoms with Crippen molar-refractivity contribution >= 4 is 17.2 Å². The van der Waals surface area contributed by atoms with Gasteiger partial charge in [0.05, 0.1) is 6.61 Å². The average molecular weight is 265 g/mol. The minimum absolute atomic E-state index is 0.0226. The molecule has 4 nitrogen and oxygen atoms in total. The molecule has 1 heterocycles. The molecule has 5 heteroatoms. The van der Waals surface area contributed by atoms with Crippen LogP contribution in [0, 0.1) is 11.8 Å². The van der Waals surface area contributed by atoms with E-state index >= 15 is 0 Å². The maximum atomic E-state index is 12.4. The highest BCUT2D eigenvalue weighted by atomic mass is 32.1. The summed E-state index contributed by atoms with van der Waals surface area (Å²) in [6, 6.07) is 2.05. The Balaban J connectivity index is 2.18. The number of carbonyl (C=O) groups excluding carboxylic acids is 1. The lowest BCUT2D eigenvalue weighted by Gasteiger charge is -2.20. The number of hydrogen-bond donors (Lipinski definition) is 2. The Kier molecular flexibility index (Phi) is 4.37. The molecule has 1 saturated carbocycles. The topological polar surface area (TPSA) is 60.8 Å². The summed E-state index contributed by atoms with van der Waals surface area (Å²) in [6.45, 7) is 0.131. The van der Waals surface area contributed by atoms with Crippen LogP contribution in [-0.4, -0.2) is 46.8 Å². The summed E-state index contributed by atoms with van der Waals surface area (Å²) >= 11 is 1.35. The van der Waals surface area contributed by atoms with Crippen molar-refractivity contribution in [2.24, 2.45) is 0 Å². The SMILES string of the molecule is O=C(c1sccc1C#CCO)N(CCO)C1CC1. The van der Waals surface area contributed by atoms with Gasteiger partial charge >= 0.3 is 0 Å². The second-order valence-corrected chi connectivity index (χ2v) is 4.99. The Morgan fingerprint density at radius 1 is 1.50 bits per heavy atom. The fourth-order valence-corrected chi connectivity index (χ4v) is 2.59. The Bertz CT molecular complexity index is 482. The smallest absolute Gasteiger partial charge is 0.265 e. The van der Waals surface area contributed by atoms with Crippen LogP contribution in [0.25, 0.3) is 0 Å². The molecule has 1 fully saturated rings. The summed E-state index contributed by atoms with van der Waals surface area (Å²) in [5, 5.41) is 19.5. The fourth-order valence-electron chi connectivity index (χ4n) is 1.78. The molecule has 1 aliphatic rings. The maximum absolute atomic E-state index is 12.4. The third kappa shape index (κ3) is 2.91. The molecule has 2 rings (SSSR count). The highest BCUT2D eigenvalue weighted by Gasteiger charge is 2.33. The highest BCUT2D eigenvalue weighted by Crippen LogP contribution is 2.29. The van der Waals surface area contributed by atoms with Crippen molar-refractivity contribution in [3.05, 3.63) is 21.9 Å². The van der Waals surface area contributed by atoms with E-state index in [-0.39, 0.29) is 25.2 Å². The quantitative estimate of drug-likeness (QED) is 0.787. The van der Waals surface area contributed by atoms with E-state index < -0.39 is 0 Å². The van der Waals surface area contributed by atoms with Gasteiger partial charge in [0.25, 0.3) is 5.91 Å². The van der Waals surface area contributed by atoms with Gasteiger partial charge in [0.2, 0.25) is 0 Å². The van der Waals surface area contributed by atoms with E-state index in [0.29, 0.717) is 17.0 Å². The summed E-state index contributed by atoms with van der Waals surface area (Å²) in [5.41, 5.74) is 0.655. The van der Waals surface area contributed by atoms with Crippen molar-refractivity contribution in [3.8, 4) is 11.8 Å². The third-order valence-corrected chi connectivity index (χ3v) is 3.65. The molecule has 1 amide bonds. The summed E-state index contributed by atoms with van der Waals surface area (Å²) < 4.78 is 0. The molecular weight excluding hydrogens is 250 g/mol. The molecule has 0 unspecified atom stereocenters. The fraction of sp³-hybridized carbons (Fsp3) is 0.462. The zero-order chi connectivity index (χ0) is 13.0. The second kappa shape index (κ2) is 6.01. The summed E-state index contributed by atoms with van der Waals surface area (Å²) in [4.78, 5) is 14.7. The maximum Gasteiger partial charge on any atom is 0.265 e. The van der Waals surface area contributed by atoms with Gasteiger partial charge in [0.15, 0.2) is 0 Å². The Hall–Kier alpha value is -1.35. The molecule has 1 aromatic heterocycles. The monoisotopic (exact) mass is 265 g/mol. The summed E-state index contributed by atoms with van der Waals surface area (Å²) in [7, 11) is 0. The Morgan fingerprint density at radius 2 is 2.28 bits per heavy atom. The van der Waals surface area contributed by atoms with Crippen molar-refractivity contribution in [3.63, 3.8) is 0 Å². The van der Waals surface area contributed by atoms with Crippen molar-refractivity contribution in [1.29, 1.82) is 0 Å². The molecule has 0 bridgehead atoms. The van der Waals surface area contributed by atoms with Gasteiger partial charge in [-0.25, -0.2) is 0 Å². The molecule has 1 aliphatic carbocycles. The van der Waals surface area contributed by atoms with Crippen LogP contribution in [0.3, 0.4) is 0 Å². The first-order valence-electron chi connectivity index (χ1n) is 5.87. The number of nitrogens with zero attached hydrogens (tertiary/aromatic N) is 1. The van der Waals surface area contributed by atoms with E-state index in [2.05, 4.69) is 11.8 Å². The molecule has 1 aromatic rings. The second-order valence-electron chi connectivity index (χ2n) is 4.08. The largest absolute Gasteiger partial charge is 0.395 e. The van der Waals surface area contributed by atoms with E-state index in [1.165, 1.54) is 11.3 Å².